The van der Waals surface area contributed by atoms with E-state index in [0.29, 0.717) is 10.0 Å². The fourth-order valence-corrected chi connectivity index (χ4v) is 2.02. The zero-order valence-electron chi connectivity index (χ0n) is 10.2. The largest absolute Gasteiger partial charge is 0.480 e. The Balaban J connectivity index is 2.52. The monoisotopic (exact) mass is 305 g/mol. The first-order valence-corrected chi connectivity index (χ1v) is 6.19. The van der Waals surface area contributed by atoms with Crippen LogP contribution in [0.4, 0.5) is 0 Å². The van der Waals surface area contributed by atoms with Gasteiger partial charge in [0, 0.05) is 10.0 Å². The van der Waals surface area contributed by atoms with Gasteiger partial charge in [-0.05, 0) is 24.6 Å². The quantitative estimate of drug-likeness (QED) is 0.845. The summed E-state index contributed by atoms with van der Waals surface area (Å²) >= 11 is 11.8. The number of nitrogens with one attached hydrogen (secondary N) is 1. The standard InChI is InChI=1S/C12H13Cl2NO4/c1-7(9-3-2-8(13)4-10(9)14)15-11(16)5-19-6-12(17)18/h2-4,7H,5-6H2,1H3,(H,15,16)(H,17,18). The summed E-state index contributed by atoms with van der Waals surface area (Å²) in [4.78, 5) is 21.7. The van der Waals surface area contributed by atoms with Crippen molar-refractivity contribution in [1.82, 2.24) is 5.32 Å². The summed E-state index contributed by atoms with van der Waals surface area (Å²) in [6.45, 7) is 0.926. The predicted molar refractivity (Wildman–Crippen MR) is 71.5 cm³/mol. The lowest BCUT2D eigenvalue weighted by Crippen LogP contribution is -2.31. The average molecular weight is 306 g/mol. The number of aliphatic carboxylic acids is 1. The minimum Gasteiger partial charge on any atom is -0.480 e. The van der Waals surface area contributed by atoms with Gasteiger partial charge in [-0.25, -0.2) is 4.79 Å². The summed E-state index contributed by atoms with van der Waals surface area (Å²) in [7, 11) is 0. The second kappa shape index (κ2) is 7.33. The highest BCUT2D eigenvalue weighted by Crippen LogP contribution is 2.25. The first kappa shape index (κ1) is 15.8. The molecule has 0 saturated heterocycles. The van der Waals surface area contributed by atoms with Crippen molar-refractivity contribution in [3.05, 3.63) is 33.8 Å². The van der Waals surface area contributed by atoms with Crippen LogP contribution in [0.3, 0.4) is 0 Å². The number of carbonyl (C=O) groups is 2. The maximum atomic E-state index is 11.5. The molecule has 1 atom stereocenters. The molecule has 1 rings (SSSR count). The number of carbonyl (C=O) groups excluding carboxylic acids is 1. The third kappa shape index (κ3) is 5.46. The van der Waals surface area contributed by atoms with E-state index in [4.69, 9.17) is 28.3 Å². The van der Waals surface area contributed by atoms with E-state index in [1.807, 2.05) is 0 Å². The molecule has 0 aliphatic carbocycles. The zero-order chi connectivity index (χ0) is 14.4. The Kier molecular flexibility index (Phi) is 6.08. The Morgan fingerprint density at radius 1 is 1.37 bits per heavy atom. The summed E-state index contributed by atoms with van der Waals surface area (Å²) < 4.78 is 4.68. The number of carboxylic acid groups (broad SMARTS) is 1. The van der Waals surface area contributed by atoms with Crippen molar-refractivity contribution in [3.8, 4) is 0 Å². The van der Waals surface area contributed by atoms with E-state index < -0.39 is 18.5 Å². The number of amides is 1. The molecule has 1 aromatic carbocycles. The summed E-state index contributed by atoms with van der Waals surface area (Å²) in [5.74, 6) is -1.54. The number of halogens is 2. The van der Waals surface area contributed by atoms with Gasteiger partial charge in [0.1, 0.15) is 13.2 Å². The molecule has 0 aliphatic rings. The molecule has 2 N–H and O–H groups in total. The molecular weight excluding hydrogens is 293 g/mol. The maximum Gasteiger partial charge on any atom is 0.329 e. The van der Waals surface area contributed by atoms with Crippen LogP contribution in [0.2, 0.25) is 10.0 Å². The number of carboxylic acids is 1. The fraction of sp³-hybridized carbons (Fsp3) is 0.333. The van der Waals surface area contributed by atoms with Crippen LogP contribution < -0.4 is 5.32 Å². The molecule has 1 amide bonds. The Bertz CT molecular complexity index is 479. The average Bonchev–Trinajstić information content (AvgIpc) is 2.27. The van der Waals surface area contributed by atoms with Crippen LogP contribution in [0, 0.1) is 0 Å². The second-order valence-corrected chi connectivity index (χ2v) is 4.69. The van der Waals surface area contributed by atoms with Crippen molar-refractivity contribution < 1.29 is 19.4 Å². The molecule has 104 valence electrons. The molecular formula is C12H13Cl2NO4. The minimum atomic E-state index is -1.12. The molecule has 0 bridgehead atoms. The van der Waals surface area contributed by atoms with Gasteiger partial charge in [0.15, 0.2) is 0 Å². The van der Waals surface area contributed by atoms with Gasteiger partial charge in [-0.15, -0.1) is 0 Å². The van der Waals surface area contributed by atoms with Crippen LogP contribution >= 0.6 is 23.2 Å². The lowest BCUT2D eigenvalue weighted by atomic mass is 10.1. The highest BCUT2D eigenvalue weighted by Gasteiger charge is 2.13. The number of ether oxygens (including phenoxy) is 1. The Morgan fingerprint density at radius 3 is 2.63 bits per heavy atom. The third-order valence-electron chi connectivity index (χ3n) is 2.27. The molecule has 1 aromatic rings. The van der Waals surface area contributed by atoms with E-state index in [2.05, 4.69) is 10.1 Å². The first-order valence-electron chi connectivity index (χ1n) is 5.44. The van der Waals surface area contributed by atoms with E-state index in [9.17, 15) is 9.59 Å². The van der Waals surface area contributed by atoms with Gasteiger partial charge < -0.3 is 15.2 Å². The minimum absolute atomic E-state index is 0.318. The molecule has 1 unspecified atom stereocenters. The van der Waals surface area contributed by atoms with E-state index in [1.165, 1.54) is 0 Å². The van der Waals surface area contributed by atoms with Crippen molar-refractivity contribution in [1.29, 1.82) is 0 Å². The van der Waals surface area contributed by atoms with Crippen LogP contribution in [0.1, 0.15) is 18.5 Å². The summed E-state index contributed by atoms with van der Waals surface area (Å²) in [5, 5.41) is 12.0. The van der Waals surface area contributed by atoms with Crippen molar-refractivity contribution >= 4 is 35.1 Å². The number of rotatable bonds is 6. The highest BCUT2D eigenvalue weighted by molar-refractivity contribution is 6.35. The lowest BCUT2D eigenvalue weighted by Gasteiger charge is -2.15. The molecule has 0 fully saturated rings. The van der Waals surface area contributed by atoms with Crippen molar-refractivity contribution in [3.63, 3.8) is 0 Å². The van der Waals surface area contributed by atoms with Gasteiger partial charge in [-0.1, -0.05) is 29.3 Å². The maximum absolute atomic E-state index is 11.5. The molecule has 0 aliphatic heterocycles. The van der Waals surface area contributed by atoms with Gasteiger partial charge in [-0.2, -0.15) is 0 Å². The van der Waals surface area contributed by atoms with Crippen molar-refractivity contribution in [2.45, 2.75) is 13.0 Å². The van der Waals surface area contributed by atoms with Crippen molar-refractivity contribution in [2.24, 2.45) is 0 Å². The van der Waals surface area contributed by atoms with Gasteiger partial charge in [0.2, 0.25) is 5.91 Å². The van der Waals surface area contributed by atoms with Crippen LogP contribution in [0.15, 0.2) is 18.2 Å². The van der Waals surface area contributed by atoms with Gasteiger partial charge in [0.05, 0.1) is 6.04 Å². The van der Waals surface area contributed by atoms with Gasteiger partial charge >= 0.3 is 5.97 Å². The van der Waals surface area contributed by atoms with Crippen LogP contribution in [-0.4, -0.2) is 30.2 Å². The topological polar surface area (TPSA) is 75.6 Å². The number of benzene rings is 1. The fourth-order valence-electron chi connectivity index (χ4n) is 1.44. The molecule has 19 heavy (non-hydrogen) atoms. The third-order valence-corrected chi connectivity index (χ3v) is 2.83. The van der Waals surface area contributed by atoms with Crippen molar-refractivity contribution in [2.75, 3.05) is 13.2 Å². The summed E-state index contributed by atoms with van der Waals surface area (Å²) in [6.07, 6.45) is 0. The second-order valence-electron chi connectivity index (χ2n) is 3.84. The molecule has 0 heterocycles. The molecule has 0 saturated carbocycles. The molecule has 7 heteroatoms. The Labute approximate surface area is 120 Å². The van der Waals surface area contributed by atoms with Crippen LogP contribution in [0.5, 0.6) is 0 Å². The predicted octanol–water partition coefficient (Wildman–Crippen LogP) is 2.27. The summed E-state index contributed by atoms with van der Waals surface area (Å²) in [5.41, 5.74) is 0.720. The van der Waals surface area contributed by atoms with Crippen LogP contribution in [0.25, 0.3) is 0 Å². The van der Waals surface area contributed by atoms with E-state index >= 15 is 0 Å². The van der Waals surface area contributed by atoms with Crippen LogP contribution in [-0.2, 0) is 14.3 Å². The highest BCUT2D eigenvalue weighted by atomic mass is 35.5. The molecule has 0 aromatic heterocycles. The Morgan fingerprint density at radius 2 is 2.05 bits per heavy atom. The molecule has 5 nitrogen and oxygen atoms in total. The zero-order valence-corrected chi connectivity index (χ0v) is 11.7. The van der Waals surface area contributed by atoms with Gasteiger partial charge in [-0.3, -0.25) is 4.79 Å². The van der Waals surface area contributed by atoms with Gasteiger partial charge in [0.25, 0.3) is 0 Å². The molecule has 0 radical (unpaired) electrons. The number of hydrogen-bond acceptors (Lipinski definition) is 3. The van der Waals surface area contributed by atoms with E-state index in [0.717, 1.165) is 5.56 Å². The normalized spacial score (nSPS) is 11.9. The van der Waals surface area contributed by atoms with E-state index in [1.54, 1.807) is 25.1 Å². The van der Waals surface area contributed by atoms with E-state index in [-0.39, 0.29) is 12.6 Å². The molecule has 0 spiro atoms. The first-order chi connectivity index (χ1) is 8.90. The number of hydrogen-bond donors (Lipinski definition) is 2. The lowest BCUT2D eigenvalue weighted by molar-refractivity contribution is -0.143. The SMILES string of the molecule is CC(NC(=O)COCC(=O)O)c1ccc(Cl)cc1Cl. The summed E-state index contributed by atoms with van der Waals surface area (Å²) in [6, 6.07) is 4.65. The smallest absolute Gasteiger partial charge is 0.329 e. The Hall–Kier alpha value is -1.30.